The van der Waals surface area contributed by atoms with Crippen LogP contribution >= 0.6 is 0 Å². The van der Waals surface area contributed by atoms with E-state index in [-0.39, 0.29) is 22.8 Å². The van der Waals surface area contributed by atoms with Crippen molar-refractivity contribution in [3.63, 3.8) is 0 Å². The zero-order valence-corrected chi connectivity index (χ0v) is 19.6. The molecule has 0 bridgehead atoms. The number of ether oxygens (including phenoxy) is 2. The Morgan fingerprint density at radius 1 is 1.03 bits per heavy atom. The summed E-state index contributed by atoms with van der Waals surface area (Å²) in [7, 11) is -2.47. The van der Waals surface area contributed by atoms with Gasteiger partial charge in [0.25, 0.3) is 15.9 Å². The summed E-state index contributed by atoms with van der Waals surface area (Å²) in [5, 5.41) is 2.72. The van der Waals surface area contributed by atoms with E-state index in [1.54, 1.807) is 31.2 Å². The van der Waals surface area contributed by atoms with Crippen LogP contribution < -0.4 is 14.4 Å². The smallest absolute Gasteiger partial charge is 0.338 e. The first-order chi connectivity index (χ1) is 16.3. The maximum atomic E-state index is 13.4. The Morgan fingerprint density at radius 3 is 2.47 bits per heavy atom. The molecular formula is C25H24N2O6S. The zero-order chi connectivity index (χ0) is 24.3. The number of hydrogen-bond acceptors (Lipinski definition) is 6. The van der Waals surface area contributed by atoms with Crippen molar-refractivity contribution >= 4 is 33.3 Å². The summed E-state index contributed by atoms with van der Waals surface area (Å²) in [5.74, 6) is -0.760. The molecular weight excluding hydrogens is 456 g/mol. The summed E-state index contributed by atoms with van der Waals surface area (Å²) in [6, 6.07) is 17.8. The summed E-state index contributed by atoms with van der Waals surface area (Å²) in [6.45, 7) is 2.32. The normalized spacial score (nSPS) is 12.7. The van der Waals surface area contributed by atoms with Gasteiger partial charge in [0.2, 0.25) is 0 Å². The van der Waals surface area contributed by atoms with E-state index >= 15 is 0 Å². The van der Waals surface area contributed by atoms with Gasteiger partial charge in [0, 0.05) is 12.2 Å². The van der Waals surface area contributed by atoms with E-state index in [0.29, 0.717) is 29.9 Å². The Kier molecular flexibility index (Phi) is 6.56. The average molecular weight is 481 g/mol. The number of anilines is 2. The van der Waals surface area contributed by atoms with Gasteiger partial charge in [-0.1, -0.05) is 18.2 Å². The van der Waals surface area contributed by atoms with Gasteiger partial charge in [0.15, 0.2) is 0 Å². The second-order valence-corrected chi connectivity index (χ2v) is 9.43. The lowest BCUT2D eigenvalue weighted by atomic mass is 10.1. The van der Waals surface area contributed by atoms with Crippen molar-refractivity contribution in [2.75, 3.05) is 29.9 Å². The van der Waals surface area contributed by atoms with E-state index in [2.05, 4.69) is 5.32 Å². The molecule has 1 heterocycles. The number of para-hydroxylation sites is 1. The quantitative estimate of drug-likeness (QED) is 0.515. The Labute approximate surface area is 198 Å². The molecule has 0 aromatic heterocycles. The molecule has 0 aliphatic carbocycles. The van der Waals surface area contributed by atoms with Crippen molar-refractivity contribution in [1.29, 1.82) is 0 Å². The molecule has 0 unspecified atom stereocenters. The standard InChI is InChI=1S/C25H24N2O6S/c1-3-33-25(29)18-8-10-19(11-9-18)26-24(28)21-16-20(12-13-23(21)32-2)34(30,31)27-15-14-17-6-4-5-7-22(17)27/h4-13,16H,3,14-15H2,1-2H3,(H,26,28). The van der Waals surface area contributed by atoms with Crippen molar-refractivity contribution in [1.82, 2.24) is 0 Å². The Bertz CT molecular complexity index is 1340. The molecule has 4 rings (SSSR count). The highest BCUT2D eigenvalue weighted by atomic mass is 32.2. The number of carbonyl (C=O) groups is 2. The minimum Gasteiger partial charge on any atom is -0.496 e. The van der Waals surface area contributed by atoms with Gasteiger partial charge in [-0.3, -0.25) is 9.10 Å². The molecule has 1 N–H and O–H groups in total. The fraction of sp³-hybridized carbons (Fsp3) is 0.200. The number of carbonyl (C=O) groups excluding carboxylic acids is 2. The van der Waals surface area contributed by atoms with Crippen molar-refractivity contribution in [3.8, 4) is 5.75 Å². The first-order valence-electron chi connectivity index (χ1n) is 10.7. The number of sulfonamides is 1. The van der Waals surface area contributed by atoms with E-state index in [1.165, 1.54) is 41.7 Å². The van der Waals surface area contributed by atoms with Gasteiger partial charge < -0.3 is 14.8 Å². The number of fused-ring (bicyclic) bond motifs is 1. The minimum atomic E-state index is -3.88. The molecule has 3 aromatic rings. The van der Waals surface area contributed by atoms with Gasteiger partial charge in [0.05, 0.1) is 35.4 Å². The number of nitrogens with zero attached hydrogens (tertiary/aromatic N) is 1. The highest BCUT2D eigenvalue weighted by molar-refractivity contribution is 7.92. The lowest BCUT2D eigenvalue weighted by molar-refractivity contribution is 0.0526. The van der Waals surface area contributed by atoms with Crippen molar-refractivity contribution < 1.29 is 27.5 Å². The van der Waals surface area contributed by atoms with Crippen LogP contribution in [0, 0.1) is 0 Å². The van der Waals surface area contributed by atoms with Gasteiger partial charge in [-0.2, -0.15) is 0 Å². The lowest BCUT2D eigenvalue weighted by Gasteiger charge is -2.20. The van der Waals surface area contributed by atoms with Crippen molar-refractivity contribution in [3.05, 3.63) is 83.4 Å². The molecule has 3 aromatic carbocycles. The number of hydrogen-bond donors (Lipinski definition) is 1. The molecule has 1 aliphatic rings. The highest BCUT2D eigenvalue weighted by Crippen LogP contribution is 2.34. The topological polar surface area (TPSA) is 102 Å². The predicted molar refractivity (Wildman–Crippen MR) is 128 cm³/mol. The molecule has 176 valence electrons. The maximum absolute atomic E-state index is 13.4. The Hall–Kier alpha value is -3.85. The third-order valence-corrected chi connectivity index (χ3v) is 7.31. The predicted octanol–water partition coefficient (Wildman–Crippen LogP) is 3.88. The van der Waals surface area contributed by atoms with Gasteiger partial charge >= 0.3 is 5.97 Å². The van der Waals surface area contributed by atoms with Crippen LogP contribution in [0.15, 0.2) is 71.6 Å². The van der Waals surface area contributed by atoms with Crippen LogP contribution in [-0.4, -0.2) is 40.6 Å². The molecule has 0 atom stereocenters. The molecule has 0 spiro atoms. The van der Waals surface area contributed by atoms with Crippen molar-refractivity contribution in [2.45, 2.75) is 18.2 Å². The maximum Gasteiger partial charge on any atom is 0.338 e. The van der Waals surface area contributed by atoms with E-state index in [1.807, 2.05) is 12.1 Å². The fourth-order valence-corrected chi connectivity index (χ4v) is 5.34. The molecule has 0 saturated heterocycles. The van der Waals surface area contributed by atoms with Crippen LogP contribution in [0.1, 0.15) is 33.2 Å². The number of rotatable bonds is 7. The molecule has 34 heavy (non-hydrogen) atoms. The highest BCUT2D eigenvalue weighted by Gasteiger charge is 2.31. The van der Waals surface area contributed by atoms with Crippen LogP contribution in [0.25, 0.3) is 0 Å². The van der Waals surface area contributed by atoms with Crippen LogP contribution in [0.2, 0.25) is 0 Å². The second kappa shape index (κ2) is 9.56. The number of amides is 1. The summed E-state index contributed by atoms with van der Waals surface area (Å²) in [5.41, 5.74) is 2.47. The van der Waals surface area contributed by atoms with Crippen LogP contribution in [0.3, 0.4) is 0 Å². The molecule has 1 amide bonds. The first-order valence-corrected chi connectivity index (χ1v) is 12.2. The zero-order valence-electron chi connectivity index (χ0n) is 18.8. The van der Waals surface area contributed by atoms with Gasteiger partial charge in [-0.15, -0.1) is 0 Å². The summed E-state index contributed by atoms with van der Waals surface area (Å²) in [4.78, 5) is 24.8. The fourth-order valence-electron chi connectivity index (χ4n) is 3.81. The van der Waals surface area contributed by atoms with Crippen LogP contribution in [0.5, 0.6) is 5.75 Å². The van der Waals surface area contributed by atoms with E-state index in [9.17, 15) is 18.0 Å². The largest absolute Gasteiger partial charge is 0.496 e. The Balaban J connectivity index is 1.60. The molecule has 0 radical (unpaired) electrons. The summed E-state index contributed by atoms with van der Waals surface area (Å²) < 4.78 is 38.4. The molecule has 0 saturated carbocycles. The van der Waals surface area contributed by atoms with Gasteiger partial charge in [-0.05, 0) is 67.4 Å². The monoisotopic (exact) mass is 480 g/mol. The van der Waals surface area contributed by atoms with Gasteiger partial charge in [0.1, 0.15) is 5.75 Å². The molecule has 0 fully saturated rings. The third-order valence-electron chi connectivity index (χ3n) is 5.50. The Morgan fingerprint density at radius 2 is 1.76 bits per heavy atom. The molecule has 9 heteroatoms. The third kappa shape index (κ3) is 4.47. The average Bonchev–Trinajstić information content (AvgIpc) is 3.29. The van der Waals surface area contributed by atoms with E-state index in [4.69, 9.17) is 9.47 Å². The second-order valence-electron chi connectivity index (χ2n) is 7.57. The van der Waals surface area contributed by atoms with Crippen LogP contribution in [0.4, 0.5) is 11.4 Å². The molecule has 8 nitrogen and oxygen atoms in total. The van der Waals surface area contributed by atoms with Gasteiger partial charge in [-0.25, -0.2) is 13.2 Å². The number of esters is 1. The number of methoxy groups -OCH3 is 1. The van der Waals surface area contributed by atoms with Crippen molar-refractivity contribution in [2.24, 2.45) is 0 Å². The van der Waals surface area contributed by atoms with E-state index < -0.39 is 21.9 Å². The number of nitrogens with one attached hydrogen (secondary N) is 1. The van der Waals surface area contributed by atoms with Crippen LogP contribution in [-0.2, 0) is 21.2 Å². The summed E-state index contributed by atoms with van der Waals surface area (Å²) >= 11 is 0. The SMILES string of the molecule is CCOC(=O)c1ccc(NC(=O)c2cc(S(=O)(=O)N3CCc4ccccc43)ccc2OC)cc1. The summed E-state index contributed by atoms with van der Waals surface area (Å²) in [6.07, 6.45) is 0.626. The molecule has 1 aliphatic heterocycles. The first kappa shape index (κ1) is 23.3. The number of benzene rings is 3. The lowest BCUT2D eigenvalue weighted by Crippen LogP contribution is -2.29. The minimum absolute atomic E-state index is 0.00666. The van der Waals surface area contributed by atoms with E-state index in [0.717, 1.165) is 5.56 Å².